The number of allylic oxidation sites excluding steroid dienone is 2. The van der Waals surface area contributed by atoms with E-state index in [0.717, 1.165) is 19.0 Å². The third-order valence-electron chi connectivity index (χ3n) is 3.59. The first-order chi connectivity index (χ1) is 6.77. The molecule has 1 heterocycles. The van der Waals surface area contributed by atoms with Crippen molar-refractivity contribution in [1.29, 1.82) is 0 Å². The minimum absolute atomic E-state index is 0.708. The lowest BCUT2D eigenvalue weighted by Gasteiger charge is -2.40. The smallest absolute Gasteiger partial charge is 0.0195 e. The summed E-state index contributed by atoms with van der Waals surface area (Å²) in [6, 6.07) is 1.42. The van der Waals surface area contributed by atoms with Crippen molar-refractivity contribution in [2.45, 2.75) is 38.8 Å². The van der Waals surface area contributed by atoms with Gasteiger partial charge in [0.25, 0.3) is 0 Å². The minimum Gasteiger partial charge on any atom is -0.314 e. The third-order valence-corrected chi connectivity index (χ3v) is 3.59. The van der Waals surface area contributed by atoms with Gasteiger partial charge in [0.1, 0.15) is 0 Å². The quantitative estimate of drug-likeness (QED) is 0.672. The summed E-state index contributed by atoms with van der Waals surface area (Å²) < 4.78 is 0. The molecule has 0 radical (unpaired) electrons. The van der Waals surface area contributed by atoms with E-state index < -0.39 is 0 Å². The molecule has 2 atom stereocenters. The molecule has 1 saturated heterocycles. The molecule has 1 aliphatic heterocycles. The van der Waals surface area contributed by atoms with E-state index in [4.69, 9.17) is 0 Å². The summed E-state index contributed by atoms with van der Waals surface area (Å²) in [7, 11) is 0. The minimum atomic E-state index is 0.708. The van der Waals surface area contributed by atoms with Gasteiger partial charge in [-0.15, -0.1) is 0 Å². The molecular formula is C12H22N2. The van der Waals surface area contributed by atoms with Crippen LogP contribution in [0.2, 0.25) is 0 Å². The summed E-state index contributed by atoms with van der Waals surface area (Å²) in [6.45, 7) is 8.28. The van der Waals surface area contributed by atoms with Crippen LogP contribution in [0.4, 0.5) is 0 Å². The number of nitrogens with one attached hydrogen (secondary N) is 1. The molecule has 80 valence electrons. The summed E-state index contributed by atoms with van der Waals surface area (Å²) in [4.78, 5) is 2.67. The Labute approximate surface area is 87.4 Å². The van der Waals surface area contributed by atoms with Crippen LogP contribution in [0, 0.1) is 5.92 Å². The van der Waals surface area contributed by atoms with Crippen molar-refractivity contribution in [1.82, 2.24) is 10.2 Å². The van der Waals surface area contributed by atoms with Crippen LogP contribution in [0.1, 0.15) is 26.7 Å². The van der Waals surface area contributed by atoms with Gasteiger partial charge in [-0.05, 0) is 32.6 Å². The standard InChI is InChI=1S/C12H22N2/c1-10-7-13-8-11(2)14(10)9-12-5-3-4-6-12/h3-4,10-13H,5-9H2,1-2H3/t10-,11+. The van der Waals surface area contributed by atoms with Crippen LogP contribution in [0.25, 0.3) is 0 Å². The van der Waals surface area contributed by atoms with Crippen molar-refractivity contribution in [3.8, 4) is 0 Å². The fraction of sp³-hybridized carbons (Fsp3) is 0.833. The Balaban J connectivity index is 1.87. The van der Waals surface area contributed by atoms with Gasteiger partial charge in [-0.2, -0.15) is 0 Å². The zero-order valence-corrected chi connectivity index (χ0v) is 9.37. The van der Waals surface area contributed by atoms with Gasteiger partial charge in [-0.3, -0.25) is 4.90 Å². The average molecular weight is 194 g/mol. The van der Waals surface area contributed by atoms with Gasteiger partial charge in [0.05, 0.1) is 0 Å². The Hall–Kier alpha value is -0.340. The zero-order chi connectivity index (χ0) is 9.97. The molecule has 0 spiro atoms. The first-order valence-corrected chi connectivity index (χ1v) is 5.89. The molecule has 0 bridgehead atoms. The van der Waals surface area contributed by atoms with Crippen LogP contribution >= 0.6 is 0 Å². The van der Waals surface area contributed by atoms with E-state index in [1.54, 1.807) is 0 Å². The molecule has 0 amide bonds. The van der Waals surface area contributed by atoms with Gasteiger partial charge < -0.3 is 5.32 Å². The fourth-order valence-corrected chi connectivity index (χ4v) is 2.65. The van der Waals surface area contributed by atoms with Crippen molar-refractivity contribution < 1.29 is 0 Å². The number of hydrogen-bond donors (Lipinski definition) is 1. The van der Waals surface area contributed by atoms with Crippen LogP contribution in [0.5, 0.6) is 0 Å². The van der Waals surface area contributed by atoms with Crippen molar-refractivity contribution >= 4 is 0 Å². The van der Waals surface area contributed by atoms with Crippen LogP contribution in [0.15, 0.2) is 12.2 Å². The van der Waals surface area contributed by atoms with Gasteiger partial charge in [0.2, 0.25) is 0 Å². The van der Waals surface area contributed by atoms with Crippen LogP contribution < -0.4 is 5.32 Å². The summed E-state index contributed by atoms with van der Waals surface area (Å²) in [6.07, 6.45) is 7.26. The normalized spacial score (nSPS) is 35.3. The van der Waals surface area contributed by atoms with Crippen LogP contribution in [0.3, 0.4) is 0 Å². The van der Waals surface area contributed by atoms with Gasteiger partial charge in [0.15, 0.2) is 0 Å². The largest absolute Gasteiger partial charge is 0.314 e. The predicted octanol–water partition coefficient (Wildman–Crippen LogP) is 1.63. The van der Waals surface area contributed by atoms with E-state index in [0.29, 0.717) is 12.1 Å². The highest BCUT2D eigenvalue weighted by Gasteiger charge is 2.26. The maximum atomic E-state index is 3.48. The molecular weight excluding hydrogens is 172 g/mol. The Morgan fingerprint density at radius 1 is 1.14 bits per heavy atom. The predicted molar refractivity (Wildman–Crippen MR) is 60.4 cm³/mol. The van der Waals surface area contributed by atoms with Crippen molar-refractivity contribution in [2.24, 2.45) is 5.92 Å². The lowest BCUT2D eigenvalue weighted by atomic mass is 10.0. The Morgan fingerprint density at radius 2 is 1.71 bits per heavy atom. The van der Waals surface area contributed by atoms with Gasteiger partial charge >= 0.3 is 0 Å². The molecule has 2 heteroatoms. The third kappa shape index (κ3) is 2.18. The highest BCUT2D eigenvalue weighted by atomic mass is 15.2. The van der Waals surface area contributed by atoms with E-state index in [2.05, 4.69) is 36.2 Å². The number of nitrogens with zero attached hydrogens (tertiary/aromatic N) is 1. The molecule has 0 aromatic rings. The molecule has 1 N–H and O–H groups in total. The average Bonchev–Trinajstić information content (AvgIpc) is 2.64. The first-order valence-electron chi connectivity index (χ1n) is 5.89. The number of hydrogen-bond acceptors (Lipinski definition) is 2. The summed E-state index contributed by atoms with van der Waals surface area (Å²) in [5.41, 5.74) is 0. The topological polar surface area (TPSA) is 15.3 Å². The Morgan fingerprint density at radius 3 is 2.29 bits per heavy atom. The van der Waals surface area contributed by atoms with E-state index in [9.17, 15) is 0 Å². The van der Waals surface area contributed by atoms with Crippen LogP contribution in [-0.4, -0.2) is 36.6 Å². The molecule has 1 fully saturated rings. The second-order valence-corrected chi connectivity index (χ2v) is 4.86. The second kappa shape index (κ2) is 4.45. The summed E-state index contributed by atoms with van der Waals surface area (Å²) >= 11 is 0. The van der Waals surface area contributed by atoms with E-state index >= 15 is 0 Å². The highest BCUT2D eigenvalue weighted by Crippen LogP contribution is 2.22. The van der Waals surface area contributed by atoms with E-state index in [1.807, 2.05) is 0 Å². The lowest BCUT2D eigenvalue weighted by molar-refractivity contribution is 0.0982. The molecule has 0 aromatic heterocycles. The monoisotopic (exact) mass is 194 g/mol. The van der Waals surface area contributed by atoms with Crippen molar-refractivity contribution in [3.63, 3.8) is 0 Å². The molecule has 0 aromatic carbocycles. The fourth-order valence-electron chi connectivity index (χ4n) is 2.65. The number of piperazine rings is 1. The molecule has 14 heavy (non-hydrogen) atoms. The van der Waals surface area contributed by atoms with Gasteiger partial charge in [-0.25, -0.2) is 0 Å². The molecule has 2 aliphatic rings. The van der Waals surface area contributed by atoms with Crippen LogP contribution in [-0.2, 0) is 0 Å². The molecule has 0 saturated carbocycles. The van der Waals surface area contributed by atoms with E-state index in [-0.39, 0.29) is 0 Å². The first kappa shape index (κ1) is 10.2. The van der Waals surface area contributed by atoms with Crippen molar-refractivity contribution in [2.75, 3.05) is 19.6 Å². The maximum Gasteiger partial charge on any atom is 0.0195 e. The summed E-state index contributed by atoms with van der Waals surface area (Å²) in [5.74, 6) is 0.887. The Kier molecular flexibility index (Phi) is 3.24. The second-order valence-electron chi connectivity index (χ2n) is 4.86. The van der Waals surface area contributed by atoms with E-state index in [1.165, 1.54) is 19.4 Å². The maximum absolute atomic E-state index is 3.48. The van der Waals surface area contributed by atoms with Gasteiger partial charge in [-0.1, -0.05) is 12.2 Å². The summed E-state index contributed by atoms with van der Waals surface area (Å²) in [5, 5.41) is 3.48. The molecule has 2 nitrogen and oxygen atoms in total. The molecule has 1 aliphatic carbocycles. The van der Waals surface area contributed by atoms with Gasteiger partial charge in [0, 0.05) is 31.7 Å². The molecule has 2 rings (SSSR count). The highest BCUT2D eigenvalue weighted by molar-refractivity contribution is 4.96. The Bertz CT molecular complexity index is 194. The molecule has 0 unspecified atom stereocenters. The zero-order valence-electron chi connectivity index (χ0n) is 9.37. The lowest BCUT2D eigenvalue weighted by Crippen LogP contribution is -2.56. The SMILES string of the molecule is C[C@@H]1CNC[C@H](C)N1CC1CC=CC1. The number of rotatable bonds is 2. The van der Waals surface area contributed by atoms with Crippen molar-refractivity contribution in [3.05, 3.63) is 12.2 Å².